The fourth-order valence-electron chi connectivity index (χ4n) is 2.83. The SMILES string of the molecule is CC(CC(=O)N1CCN(C)CC1)Nc1cc(-c2ccccc2)no1. The summed E-state index contributed by atoms with van der Waals surface area (Å²) in [6.45, 7) is 5.48. The first-order valence-electron chi connectivity index (χ1n) is 8.37. The average molecular weight is 328 g/mol. The minimum atomic E-state index is -0.00581. The first-order valence-corrected chi connectivity index (χ1v) is 8.37. The predicted octanol–water partition coefficient (Wildman–Crippen LogP) is 2.31. The van der Waals surface area contributed by atoms with E-state index < -0.39 is 0 Å². The molecule has 24 heavy (non-hydrogen) atoms. The molecular formula is C18H24N4O2. The van der Waals surface area contributed by atoms with Gasteiger partial charge in [0.15, 0.2) is 0 Å². The lowest BCUT2D eigenvalue weighted by Crippen LogP contribution is -2.48. The van der Waals surface area contributed by atoms with Crippen molar-refractivity contribution in [2.75, 3.05) is 38.5 Å². The number of likely N-dealkylation sites (N-methyl/N-ethyl adjacent to an activating group) is 1. The van der Waals surface area contributed by atoms with Crippen LogP contribution in [0.25, 0.3) is 11.3 Å². The smallest absolute Gasteiger partial charge is 0.225 e. The zero-order valence-electron chi connectivity index (χ0n) is 14.2. The number of rotatable bonds is 5. The molecule has 0 saturated carbocycles. The van der Waals surface area contributed by atoms with Gasteiger partial charge in [-0.3, -0.25) is 4.79 Å². The van der Waals surface area contributed by atoms with E-state index in [1.54, 1.807) is 0 Å². The van der Waals surface area contributed by atoms with Crippen molar-refractivity contribution in [3.8, 4) is 11.3 Å². The van der Waals surface area contributed by atoms with Crippen LogP contribution < -0.4 is 5.32 Å². The zero-order chi connectivity index (χ0) is 16.9. The fourth-order valence-corrected chi connectivity index (χ4v) is 2.83. The van der Waals surface area contributed by atoms with Gasteiger partial charge in [-0.1, -0.05) is 35.5 Å². The van der Waals surface area contributed by atoms with Crippen LogP contribution in [0.15, 0.2) is 40.9 Å². The third-order valence-corrected chi connectivity index (χ3v) is 4.31. The Morgan fingerprint density at radius 2 is 1.96 bits per heavy atom. The lowest BCUT2D eigenvalue weighted by atomic mass is 10.1. The standard InChI is InChI=1S/C18H24N4O2/c1-14(12-18(23)22-10-8-21(2)9-11-22)19-17-13-16(20-24-17)15-6-4-3-5-7-15/h3-7,13-14,19H,8-12H2,1-2H3. The molecule has 2 heterocycles. The van der Waals surface area contributed by atoms with Crippen molar-refractivity contribution >= 4 is 11.8 Å². The molecule has 1 N–H and O–H groups in total. The molecule has 1 aromatic carbocycles. The first kappa shape index (κ1) is 16.5. The van der Waals surface area contributed by atoms with E-state index in [1.807, 2.05) is 48.2 Å². The second-order valence-corrected chi connectivity index (χ2v) is 6.38. The number of nitrogens with one attached hydrogen (secondary N) is 1. The number of anilines is 1. The Kier molecular flexibility index (Phi) is 5.15. The Morgan fingerprint density at radius 3 is 2.67 bits per heavy atom. The highest BCUT2D eigenvalue weighted by molar-refractivity contribution is 5.77. The summed E-state index contributed by atoms with van der Waals surface area (Å²) in [7, 11) is 2.08. The van der Waals surface area contributed by atoms with Crippen LogP contribution in [0.4, 0.5) is 5.88 Å². The third kappa shape index (κ3) is 4.14. The minimum Gasteiger partial charge on any atom is -0.351 e. The molecule has 1 atom stereocenters. The Balaban J connectivity index is 1.53. The van der Waals surface area contributed by atoms with Crippen molar-refractivity contribution in [3.63, 3.8) is 0 Å². The largest absolute Gasteiger partial charge is 0.351 e. The summed E-state index contributed by atoms with van der Waals surface area (Å²) in [5.74, 6) is 0.776. The maximum atomic E-state index is 12.4. The predicted molar refractivity (Wildman–Crippen MR) is 93.7 cm³/mol. The van der Waals surface area contributed by atoms with Crippen LogP contribution in [-0.4, -0.2) is 60.1 Å². The van der Waals surface area contributed by atoms with E-state index in [-0.39, 0.29) is 11.9 Å². The molecule has 6 heteroatoms. The molecule has 1 amide bonds. The monoisotopic (exact) mass is 328 g/mol. The van der Waals surface area contributed by atoms with E-state index in [9.17, 15) is 4.79 Å². The third-order valence-electron chi connectivity index (χ3n) is 4.31. The van der Waals surface area contributed by atoms with Crippen molar-refractivity contribution in [2.24, 2.45) is 0 Å². The Morgan fingerprint density at radius 1 is 1.25 bits per heavy atom. The van der Waals surface area contributed by atoms with Crippen molar-refractivity contribution < 1.29 is 9.32 Å². The normalized spacial score (nSPS) is 16.8. The molecule has 1 aliphatic heterocycles. The second kappa shape index (κ2) is 7.49. The topological polar surface area (TPSA) is 61.6 Å². The average Bonchev–Trinajstić information content (AvgIpc) is 3.04. The Labute approximate surface area is 142 Å². The second-order valence-electron chi connectivity index (χ2n) is 6.38. The lowest BCUT2D eigenvalue weighted by Gasteiger charge is -2.33. The van der Waals surface area contributed by atoms with Crippen LogP contribution in [0, 0.1) is 0 Å². The summed E-state index contributed by atoms with van der Waals surface area (Å²) in [5.41, 5.74) is 1.80. The molecule has 1 aromatic heterocycles. The molecule has 3 rings (SSSR count). The lowest BCUT2D eigenvalue weighted by molar-refractivity contribution is -0.132. The summed E-state index contributed by atoms with van der Waals surface area (Å²) in [5, 5.41) is 7.30. The van der Waals surface area contributed by atoms with E-state index in [2.05, 4.69) is 22.4 Å². The highest BCUT2D eigenvalue weighted by atomic mass is 16.5. The van der Waals surface area contributed by atoms with Crippen LogP contribution in [0.5, 0.6) is 0 Å². The number of nitrogens with zero attached hydrogens (tertiary/aromatic N) is 3. The van der Waals surface area contributed by atoms with Gasteiger partial charge >= 0.3 is 0 Å². The number of carbonyl (C=O) groups excluding carboxylic acids is 1. The van der Waals surface area contributed by atoms with Gasteiger partial charge in [0.05, 0.1) is 0 Å². The molecule has 0 aliphatic carbocycles. The summed E-state index contributed by atoms with van der Waals surface area (Å²) in [6.07, 6.45) is 0.449. The van der Waals surface area contributed by atoms with Crippen molar-refractivity contribution in [3.05, 3.63) is 36.4 Å². The quantitative estimate of drug-likeness (QED) is 0.912. The number of piperazine rings is 1. The molecule has 0 spiro atoms. The number of carbonyl (C=O) groups is 1. The number of amides is 1. The number of hydrogen-bond donors (Lipinski definition) is 1. The molecule has 2 aromatic rings. The molecular weight excluding hydrogens is 304 g/mol. The number of hydrogen-bond acceptors (Lipinski definition) is 5. The van der Waals surface area contributed by atoms with Crippen LogP contribution in [0.2, 0.25) is 0 Å². The van der Waals surface area contributed by atoms with E-state index in [0.29, 0.717) is 12.3 Å². The zero-order valence-corrected chi connectivity index (χ0v) is 14.2. The van der Waals surface area contributed by atoms with Crippen molar-refractivity contribution in [2.45, 2.75) is 19.4 Å². The van der Waals surface area contributed by atoms with Gasteiger partial charge in [0.1, 0.15) is 5.69 Å². The summed E-state index contributed by atoms with van der Waals surface area (Å²) in [4.78, 5) is 16.5. The van der Waals surface area contributed by atoms with E-state index in [1.165, 1.54) is 0 Å². The van der Waals surface area contributed by atoms with Gasteiger partial charge in [0.25, 0.3) is 0 Å². The summed E-state index contributed by atoms with van der Waals surface area (Å²) < 4.78 is 5.34. The molecule has 1 saturated heterocycles. The van der Waals surface area contributed by atoms with Crippen molar-refractivity contribution in [1.29, 1.82) is 0 Å². The highest BCUT2D eigenvalue weighted by Crippen LogP contribution is 2.22. The fraction of sp³-hybridized carbons (Fsp3) is 0.444. The van der Waals surface area contributed by atoms with E-state index in [0.717, 1.165) is 37.4 Å². The first-order chi connectivity index (χ1) is 11.6. The molecule has 128 valence electrons. The van der Waals surface area contributed by atoms with Gasteiger partial charge in [0, 0.05) is 50.3 Å². The summed E-state index contributed by atoms with van der Waals surface area (Å²) in [6, 6.07) is 11.7. The maximum Gasteiger partial charge on any atom is 0.225 e. The highest BCUT2D eigenvalue weighted by Gasteiger charge is 2.21. The molecule has 1 aliphatic rings. The van der Waals surface area contributed by atoms with E-state index in [4.69, 9.17) is 4.52 Å². The van der Waals surface area contributed by atoms with Crippen LogP contribution in [-0.2, 0) is 4.79 Å². The summed E-state index contributed by atoms with van der Waals surface area (Å²) >= 11 is 0. The molecule has 0 radical (unpaired) electrons. The van der Waals surface area contributed by atoms with Gasteiger partial charge in [-0.15, -0.1) is 0 Å². The number of benzene rings is 1. The van der Waals surface area contributed by atoms with E-state index >= 15 is 0 Å². The van der Waals surface area contributed by atoms with Gasteiger partial charge in [0.2, 0.25) is 11.8 Å². The molecule has 6 nitrogen and oxygen atoms in total. The van der Waals surface area contributed by atoms with Gasteiger partial charge in [-0.2, -0.15) is 0 Å². The van der Waals surface area contributed by atoms with Gasteiger partial charge in [-0.05, 0) is 14.0 Å². The molecule has 0 bridgehead atoms. The van der Waals surface area contributed by atoms with Gasteiger partial charge in [-0.25, -0.2) is 0 Å². The Hall–Kier alpha value is -2.34. The molecule has 1 fully saturated rings. The molecule has 1 unspecified atom stereocenters. The van der Waals surface area contributed by atoms with Gasteiger partial charge < -0.3 is 19.6 Å². The minimum absolute atomic E-state index is 0.00581. The van der Waals surface area contributed by atoms with Crippen LogP contribution in [0.3, 0.4) is 0 Å². The number of aromatic nitrogens is 1. The van der Waals surface area contributed by atoms with Crippen molar-refractivity contribution in [1.82, 2.24) is 15.0 Å². The maximum absolute atomic E-state index is 12.4. The van der Waals surface area contributed by atoms with Crippen LogP contribution >= 0.6 is 0 Å². The van der Waals surface area contributed by atoms with Crippen LogP contribution in [0.1, 0.15) is 13.3 Å². The Bertz CT molecular complexity index is 663.